The van der Waals surface area contributed by atoms with Crippen LogP contribution < -0.4 is 5.32 Å². The second-order valence-corrected chi connectivity index (χ2v) is 8.40. The van der Waals surface area contributed by atoms with Crippen molar-refractivity contribution in [2.45, 2.75) is 65.2 Å². The molecule has 0 amide bonds. The molecule has 0 unspecified atom stereocenters. The van der Waals surface area contributed by atoms with Crippen LogP contribution in [0, 0.1) is 12.3 Å². The van der Waals surface area contributed by atoms with E-state index in [1.807, 2.05) is 0 Å². The molecule has 2 heterocycles. The van der Waals surface area contributed by atoms with Crippen LogP contribution in [-0.4, -0.2) is 42.0 Å². The van der Waals surface area contributed by atoms with Crippen molar-refractivity contribution in [3.8, 4) is 0 Å². The van der Waals surface area contributed by atoms with Crippen LogP contribution in [0.4, 0.5) is 0 Å². The average Bonchev–Trinajstić information content (AvgIpc) is 3.18. The summed E-state index contributed by atoms with van der Waals surface area (Å²) in [5.74, 6) is 1.13. The van der Waals surface area contributed by atoms with Gasteiger partial charge in [-0.2, -0.15) is 0 Å². The van der Waals surface area contributed by atoms with Crippen molar-refractivity contribution in [2.75, 3.05) is 26.2 Å². The number of nitrogens with zero attached hydrogens (tertiary/aromatic N) is 3. The van der Waals surface area contributed by atoms with Gasteiger partial charge < -0.3 is 10.2 Å². The van der Waals surface area contributed by atoms with Gasteiger partial charge in [0.05, 0.1) is 5.01 Å². The first-order valence-corrected chi connectivity index (χ1v) is 10.5. The second-order valence-electron chi connectivity index (χ2n) is 7.45. The molecule has 1 spiro atoms. The number of hydrogen-bond donors (Lipinski definition) is 1. The Morgan fingerprint density at radius 1 is 1.32 bits per heavy atom. The van der Waals surface area contributed by atoms with Gasteiger partial charge in [-0.05, 0) is 44.9 Å². The third-order valence-corrected chi connectivity index (χ3v) is 6.49. The highest BCUT2D eigenvalue weighted by Crippen LogP contribution is 2.43. The van der Waals surface area contributed by atoms with Crippen LogP contribution in [0.15, 0.2) is 10.4 Å². The van der Waals surface area contributed by atoms with Gasteiger partial charge in [0.2, 0.25) is 0 Å². The number of aryl methyl sites for hydroxylation is 2. The number of halogens is 1. The zero-order valence-electron chi connectivity index (χ0n) is 15.7. The summed E-state index contributed by atoms with van der Waals surface area (Å²) in [5.41, 5.74) is 1.73. The molecule has 0 radical (unpaired) electrons. The minimum atomic E-state index is 0. The van der Waals surface area contributed by atoms with E-state index < -0.39 is 0 Å². The first-order chi connectivity index (χ1) is 11.7. The monoisotopic (exact) mass is 476 g/mol. The van der Waals surface area contributed by atoms with Crippen molar-refractivity contribution in [1.82, 2.24) is 15.2 Å². The number of aromatic nitrogens is 1. The minimum absolute atomic E-state index is 0. The lowest BCUT2D eigenvalue weighted by molar-refractivity contribution is 0.203. The Morgan fingerprint density at radius 2 is 2.12 bits per heavy atom. The molecule has 6 heteroatoms. The van der Waals surface area contributed by atoms with E-state index in [1.165, 1.54) is 56.6 Å². The number of thiazole rings is 1. The molecule has 4 nitrogen and oxygen atoms in total. The third-order valence-electron chi connectivity index (χ3n) is 5.46. The quantitative estimate of drug-likeness (QED) is 0.292. The van der Waals surface area contributed by atoms with E-state index in [0.717, 1.165) is 37.6 Å². The van der Waals surface area contributed by atoms with Gasteiger partial charge >= 0.3 is 0 Å². The number of hydrogen-bond acceptors (Lipinski definition) is 3. The molecule has 0 bridgehead atoms. The second kappa shape index (κ2) is 10.1. The molecule has 142 valence electrons. The molecule has 25 heavy (non-hydrogen) atoms. The predicted octanol–water partition coefficient (Wildman–Crippen LogP) is 4.62. The van der Waals surface area contributed by atoms with Gasteiger partial charge in [0.15, 0.2) is 5.96 Å². The topological polar surface area (TPSA) is 40.5 Å². The normalized spacial score (nSPS) is 19.9. The first kappa shape index (κ1) is 20.9. The molecule has 1 aliphatic carbocycles. The van der Waals surface area contributed by atoms with Crippen molar-refractivity contribution < 1.29 is 0 Å². The largest absolute Gasteiger partial charge is 0.357 e. The average molecular weight is 476 g/mol. The van der Waals surface area contributed by atoms with E-state index in [0.29, 0.717) is 5.41 Å². The first-order valence-electron chi connectivity index (χ1n) is 9.65. The number of likely N-dealkylation sites (tertiary alicyclic amines) is 1. The summed E-state index contributed by atoms with van der Waals surface area (Å²) in [6, 6.07) is 0. The fourth-order valence-electron chi connectivity index (χ4n) is 4.18. The van der Waals surface area contributed by atoms with Crippen LogP contribution in [0.3, 0.4) is 0 Å². The lowest BCUT2D eigenvalue weighted by atomic mass is 9.73. The summed E-state index contributed by atoms with van der Waals surface area (Å²) in [6.45, 7) is 8.47. The molecule has 3 rings (SSSR count). The van der Waals surface area contributed by atoms with Gasteiger partial charge in [-0.25, -0.2) is 4.98 Å². The number of nitrogens with one attached hydrogen (secondary N) is 1. The summed E-state index contributed by atoms with van der Waals surface area (Å²) >= 11 is 1.77. The molecule has 1 aliphatic heterocycles. The van der Waals surface area contributed by atoms with Crippen LogP contribution in [0.1, 0.15) is 62.6 Å². The lowest BCUT2D eigenvalue weighted by Crippen LogP contribution is -2.41. The molecule has 0 aromatic carbocycles. The highest BCUT2D eigenvalue weighted by molar-refractivity contribution is 14.0. The molecule has 1 saturated carbocycles. The smallest absolute Gasteiger partial charge is 0.193 e. The zero-order valence-corrected chi connectivity index (χ0v) is 18.9. The maximum atomic E-state index is 4.90. The van der Waals surface area contributed by atoms with Gasteiger partial charge in [0, 0.05) is 43.7 Å². The fourth-order valence-corrected chi connectivity index (χ4v) is 5.00. The van der Waals surface area contributed by atoms with Gasteiger partial charge in [0.25, 0.3) is 0 Å². The molecular weight excluding hydrogens is 443 g/mol. The minimum Gasteiger partial charge on any atom is -0.357 e. The number of guanidine groups is 1. The summed E-state index contributed by atoms with van der Waals surface area (Å²) in [4.78, 5) is 12.0. The summed E-state index contributed by atoms with van der Waals surface area (Å²) in [5, 5.41) is 6.89. The Balaban J connectivity index is 0.00000225. The van der Waals surface area contributed by atoms with Gasteiger partial charge in [-0.1, -0.05) is 19.3 Å². The standard InChI is InChI=1S/C19H32N4S.HI/c1-3-20-18(21-12-7-8-17-22-16(2)14-24-17)23-13-11-19(15-23)9-5-4-6-10-19;/h14H,3-13,15H2,1-2H3,(H,20,21);1H. The Kier molecular flexibility index (Phi) is 8.45. The highest BCUT2D eigenvalue weighted by atomic mass is 127. The van der Waals surface area contributed by atoms with E-state index in [9.17, 15) is 0 Å². The molecule has 1 saturated heterocycles. The van der Waals surface area contributed by atoms with Crippen LogP contribution in [-0.2, 0) is 6.42 Å². The van der Waals surface area contributed by atoms with E-state index in [1.54, 1.807) is 11.3 Å². The molecular formula is C19H33IN4S. The number of rotatable bonds is 5. The van der Waals surface area contributed by atoms with Crippen LogP contribution in [0.2, 0.25) is 0 Å². The van der Waals surface area contributed by atoms with Gasteiger partial charge in [0.1, 0.15) is 0 Å². The summed E-state index contributed by atoms with van der Waals surface area (Å²) < 4.78 is 0. The van der Waals surface area contributed by atoms with Crippen molar-refractivity contribution in [3.05, 3.63) is 16.1 Å². The SMILES string of the molecule is CCNC(=NCCCc1nc(C)cs1)N1CCC2(CCCCC2)C1.I. The molecule has 1 aromatic heterocycles. The van der Waals surface area contributed by atoms with E-state index in [2.05, 4.69) is 34.4 Å². The van der Waals surface area contributed by atoms with Gasteiger partial charge in [-0.3, -0.25) is 4.99 Å². The van der Waals surface area contributed by atoms with E-state index >= 15 is 0 Å². The lowest BCUT2D eigenvalue weighted by Gasteiger charge is -2.33. The maximum Gasteiger partial charge on any atom is 0.193 e. The molecule has 2 aliphatic rings. The summed E-state index contributed by atoms with van der Waals surface area (Å²) in [7, 11) is 0. The summed E-state index contributed by atoms with van der Waals surface area (Å²) in [6.07, 6.45) is 10.6. The molecule has 0 atom stereocenters. The van der Waals surface area contributed by atoms with Crippen molar-refractivity contribution in [1.29, 1.82) is 0 Å². The number of aliphatic imine (C=N–C) groups is 1. The highest BCUT2D eigenvalue weighted by Gasteiger charge is 2.39. The predicted molar refractivity (Wildman–Crippen MR) is 118 cm³/mol. The van der Waals surface area contributed by atoms with Gasteiger partial charge in [-0.15, -0.1) is 35.3 Å². The van der Waals surface area contributed by atoms with Crippen LogP contribution in [0.25, 0.3) is 0 Å². The van der Waals surface area contributed by atoms with Crippen LogP contribution in [0.5, 0.6) is 0 Å². The molecule has 1 aromatic rings. The van der Waals surface area contributed by atoms with E-state index in [-0.39, 0.29) is 24.0 Å². The van der Waals surface area contributed by atoms with E-state index in [4.69, 9.17) is 4.99 Å². The Bertz CT molecular complexity index is 551. The van der Waals surface area contributed by atoms with Crippen molar-refractivity contribution in [3.63, 3.8) is 0 Å². The Morgan fingerprint density at radius 3 is 2.80 bits per heavy atom. The molecule has 1 N–H and O–H groups in total. The third kappa shape index (κ3) is 5.81. The zero-order chi connectivity index (χ0) is 16.8. The fraction of sp³-hybridized carbons (Fsp3) is 0.789. The maximum absolute atomic E-state index is 4.90. The van der Waals surface area contributed by atoms with Crippen LogP contribution >= 0.6 is 35.3 Å². The van der Waals surface area contributed by atoms with Crippen molar-refractivity contribution in [2.24, 2.45) is 10.4 Å². The van der Waals surface area contributed by atoms with Crippen molar-refractivity contribution >= 4 is 41.3 Å². The Hall–Kier alpha value is -0.370. The Labute approximate surface area is 173 Å². The molecule has 2 fully saturated rings.